The normalized spacial score (nSPS) is 16.8. The smallest absolute Gasteiger partial charge is 0.265 e. The number of ether oxygens (including phenoxy) is 1. The Kier molecular flexibility index (Phi) is 3.66. The lowest BCUT2D eigenvalue weighted by molar-refractivity contribution is -0.122. The number of hydrogen-bond donors (Lipinski definition) is 1. The average molecular weight is 313 g/mol. The average Bonchev–Trinajstić information content (AvgIpc) is 3.05. The number of fused-ring (bicyclic) bond motifs is 1. The second kappa shape index (κ2) is 5.41. The van der Waals surface area contributed by atoms with E-state index in [2.05, 4.69) is 44.2 Å². The van der Waals surface area contributed by atoms with E-state index < -0.39 is 6.10 Å². The van der Waals surface area contributed by atoms with E-state index in [1.54, 1.807) is 6.20 Å². The molecular formula is C18H23N3O2. The van der Waals surface area contributed by atoms with Crippen LogP contribution in [-0.4, -0.2) is 21.8 Å². The number of benzene rings is 1. The molecule has 0 saturated heterocycles. The Bertz CT molecular complexity index is 725. The van der Waals surface area contributed by atoms with Crippen LogP contribution in [-0.2, 0) is 16.8 Å². The summed E-state index contributed by atoms with van der Waals surface area (Å²) in [7, 11) is 0. The van der Waals surface area contributed by atoms with Gasteiger partial charge >= 0.3 is 0 Å². The van der Waals surface area contributed by atoms with Crippen molar-refractivity contribution in [1.82, 2.24) is 9.78 Å². The van der Waals surface area contributed by atoms with Crippen molar-refractivity contribution in [2.75, 3.05) is 5.32 Å². The summed E-state index contributed by atoms with van der Waals surface area (Å²) in [6.07, 6.45) is 3.63. The van der Waals surface area contributed by atoms with Gasteiger partial charge in [-0.1, -0.05) is 6.07 Å². The van der Waals surface area contributed by atoms with Crippen LogP contribution in [0, 0.1) is 13.8 Å². The third-order valence-electron chi connectivity index (χ3n) is 4.18. The van der Waals surface area contributed by atoms with Gasteiger partial charge in [0.05, 0.1) is 17.4 Å². The number of carbonyl (C=O) groups is 1. The molecule has 1 aliphatic heterocycles. The molecule has 122 valence electrons. The van der Waals surface area contributed by atoms with Crippen LogP contribution in [0.4, 0.5) is 5.69 Å². The first-order valence-electron chi connectivity index (χ1n) is 7.87. The maximum absolute atomic E-state index is 12.4. The van der Waals surface area contributed by atoms with Crippen molar-refractivity contribution in [3.05, 3.63) is 41.2 Å². The molecule has 0 radical (unpaired) electrons. The molecule has 1 aliphatic rings. The van der Waals surface area contributed by atoms with E-state index >= 15 is 0 Å². The van der Waals surface area contributed by atoms with Gasteiger partial charge in [-0.25, -0.2) is 0 Å². The molecule has 0 fully saturated rings. The summed E-state index contributed by atoms with van der Waals surface area (Å²) in [4.78, 5) is 12.4. The standard InChI is InChI=1S/C18H23N3O2/c1-11-6-13-8-16(23-15(13)7-12(11)2)17(22)20-14-9-19-21(10-14)18(3,4)5/h6-7,9-10,16H,8H2,1-5H3,(H,20,22). The third-order valence-corrected chi connectivity index (χ3v) is 4.18. The fourth-order valence-electron chi connectivity index (χ4n) is 2.64. The molecule has 0 bridgehead atoms. The van der Waals surface area contributed by atoms with E-state index in [1.165, 1.54) is 11.1 Å². The van der Waals surface area contributed by atoms with Gasteiger partial charge in [-0.2, -0.15) is 5.10 Å². The number of nitrogens with one attached hydrogen (secondary N) is 1. The van der Waals surface area contributed by atoms with Gasteiger partial charge in [0, 0.05) is 12.6 Å². The zero-order chi connectivity index (χ0) is 16.8. The molecule has 0 saturated carbocycles. The summed E-state index contributed by atoms with van der Waals surface area (Å²) in [6, 6.07) is 4.12. The predicted molar refractivity (Wildman–Crippen MR) is 89.9 cm³/mol. The highest BCUT2D eigenvalue weighted by atomic mass is 16.5. The number of rotatable bonds is 2. The number of carbonyl (C=O) groups excluding carboxylic acids is 1. The van der Waals surface area contributed by atoms with Crippen molar-refractivity contribution in [1.29, 1.82) is 0 Å². The minimum Gasteiger partial charge on any atom is -0.480 e. The SMILES string of the molecule is Cc1cc2c(cc1C)OC(C(=O)Nc1cnn(C(C)(C)C)c1)C2. The lowest BCUT2D eigenvalue weighted by Gasteiger charge is -2.18. The number of amides is 1. The van der Waals surface area contributed by atoms with Gasteiger partial charge in [-0.3, -0.25) is 9.48 Å². The Morgan fingerprint density at radius 2 is 2.00 bits per heavy atom. The van der Waals surface area contributed by atoms with Crippen LogP contribution < -0.4 is 10.1 Å². The van der Waals surface area contributed by atoms with Crippen LogP contribution in [0.5, 0.6) is 5.75 Å². The Hall–Kier alpha value is -2.30. The van der Waals surface area contributed by atoms with Gasteiger partial charge in [0.15, 0.2) is 6.10 Å². The van der Waals surface area contributed by atoms with Gasteiger partial charge in [-0.15, -0.1) is 0 Å². The zero-order valence-electron chi connectivity index (χ0n) is 14.3. The Balaban J connectivity index is 1.70. The molecule has 2 heterocycles. The van der Waals surface area contributed by atoms with Crippen LogP contribution in [0.1, 0.15) is 37.5 Å². The first kappa shape index (κ1) is 15.6. The summed E-state index contributed by atoms with van der Waals surface area (Å²) in [6.45, 7) is 10.3. The van der Waals surface area contributed by atoms with Crippen LogP contribution >= 0.6 is 0 Å². The molecule has 1 atom stereocenters. The van der Waals surface area contributed by atoms with E-state index in [0.29, 0.717) is 12.1 Å². The summed E-state index contributed by atoms with van der Waals surface area (Å²) in [5.41, 5.74) is 4.07. The van der Waals surface area contributed by atoms with Crippen LogP contribution in [0.2, 0.25) is 0 Å². The molecule has 5 nitrogen and oxygen atoms in total. The van der Waals surface area contributed by atoms with E-state index in [-0.39, 0.29) is 11.4 Å². The topological polar surface area (TPSA) is 56.1 Å². The first-order chi connectivity index (χ1) is 10.7. The lowest BCUT2D eigenvalue weighted by atomic mass is 10.0. The van der Waals surface area contributed by atoms with Crippen molar-refractivity contribution >= 4 is 11.6 Å². The number of aromatic nitrogens is 2. The summed E-state index contributed by atoms with van der Waals surface area (Å²) in [5.74, 6) is 0.684. The first-order valence-corrected chi connectivity index (χ1v) is 7.87. The molecule has 5 heteroatoms. The Morgan fingerprint density at radius 1 is 1.30 bits per heavy atom. The fraction of sp³-hybridized carbons (Fsp3) is 0.444. The van der Waals surface area contributed by atoms with Crippen molar-refractivity contribution in [3.8, 4) is 5.75 Å². The van der Waals surface area contributed by atoms with Gasteiger partial charge in [0.1, 0.15) is 5.75 Å². The summed E-state index contributed by atoms with van der Waals surface area (Å²) >= 11 is 0. The Morgan fingerprint density at radius 3 is 2.65 bits per heavy atom. The number of nitrogens with zero attached hydrogens (tertiary/aromatic N) is 2. The molecule has 1 aromatic heterocycles. The fourth-order valence-corrected chi connectivity index (χ4v) is 2.64. The van der Waals surface area contributed by atoms with Gasteiger partial charge in [0.25, 0.3) is 5.91 Å². The molecule has 1 N–H and O–H groups in total. The Labute approximate surface area is 136 Å². The molecule has 2 aromatic rings. The molecule has 0 aliphatic carbocycles. The van der Waals surface area contributed by atoms with Crippen molar-refractivity contribution < 1.29 is 9.53 Å². The largest absolute Gasteiger partial charge is 0.480 e. The van der Waals surface area contributed by atoms with Crippen molar-refractivity contribution in [2.45, 2.75) is 52.7 Å². The maximum atomic E-state index is 12.4. The van der Waals surface area contributed by atoms with Crippen molar-refractivity contribution in [2.24, 2.45) is 0 Å². The lowest BCUT2D eigenvalue weighted by Crippen LogP contribution is -2.31. The minimum absolute atomic E-state index is 0.113. The molecule has 1 unspecified atom stereocenters. The molecular weight excluding hydrogens is 290 g/mol. The maximum Gasteiger partial charge on any atom is 0.265 e. The number of hydrogen-bond acceptors (Lipinski definition) is 3. The predicted octanol–water partition coefficient (Wildman–Crippen LogP) is 3.20. The van der Waals surface area contributed by atoms with E-state index in [1.807, 2.05) is 23.9 Å². The highest BCUT2D eigenvalue weighted by Crippen LogP contribution is 2.32. The van der Waals surface area contributed by atoms with Crippen LogP contribution in [0.3, 0.4) is 0 Å². The second-order valence-electron chi connectivity index (χ2n) is 7.19. The number of anilines is 1. The molecule has 1 aromatic carbocycles. The highest BCUT2D eigenvalue weighted by Gasteiger charge is 2.30. The van der Waals surface area contributed by atoms with E-state index in [0.717, 1.165) is 11.3 Å². The quantitative estimate of drug-likeness (QED) is 0.926. The molecule has 1 amide bonds. The molecule has 23 heavy (non-hydrogen) atoms. The van der Waals surface area contributed by atoms with E-state index in [4.69, 9.17) is 4.74 Å². The van der Waals surface area contributed by atoms with E-state index in [9.17, 15) is 4.79 Å². The molecule has 3 rings (SSSR count). The highest BCUT2D eigenvalue weighted by molar-refractivity contribution is 5.94. The van der Waals surface area contributed by atoms with Gasteiger partial charge in [0.2, 0.25) is 0 Å². The van der Waals surface area contributed by atoms with Gasteiger partial charge in [-0.05, 0) is 57.4 Å². The zero-order valence-corrected chi connectivity index (χ0v) is 14.3. The minimum atomic E-state index is -0.482. The van der Waals surface area contributed by atoms with Crippen molar-refractivity contribution in [3.63, 3.8) is 0 Å². The van der Waals surface area contributed by atoms with Gasteiger partial charge < -0.3 is 10.1 Å². The number of aryl methyl sites for hydroxylation is 2. The third kappa shape index (κ3) is 3.09. The summed E-state index contributed by atoms with van der Waals surface area (Å²) < 4.78 is 7.64. The molecule has 0 spiro atoms. The second-order valence-corrected chi connectivity index (χ2v) is 7.19. The van der Waals surface area contributed by atoms with Crippen LogP contribution in [0.15, 0.2) is 24.5 Å². The monoisotopic (exact) mass is 313 g/mol. The van der Waals surface area contributed by atoms with Crippen LogP contribution in [0.25, 0.3) is 0 Å². The summed E-state index contributed by atoms with van der Waals surface area (Å²) in [5, 5.41) is 7.18.